The number of hydrogen-bond acceptors (Lipinski definition) is 8. The van der Waals surface area contributed by atoms with Crippen LogP contribution >= 0.6 is 0 Å². The van der Waals surface area contributed by atoms with Gasteiger partial charge in [-0.15, -0.1) is 4.72 Å². The number of para-hydroxylation sites is 1. The predicted molar refractivity (Wildman–Crippen MR) is 127 cm³/mol. The summed E-state index contributed by atoms with van der Waals surface area (Å²) in [6, 6.07) is 5.89. The van der Waals surface area contributed by atoms with Gasteiger partial charge in [0.1, 0.15) is 16.0 Å². The van der Waals surface area contributed by atoms with Crippen molar-refractivity contribution in [3.63, 3.8) is 0 Å². The van der Waals surface area contributed by atoms with Crippen molar-refractivity contribution >= 4 is 35.0 Å². The smallest absolute Gasteiger partial charge is 0.331 e. The number of ketones is 1. The normalized spacial score (nSPS) is 26.6. The molecule has 4 rings (SSSR count). The zero-order chi connectivity index (χ0) is 25.4. The van der Waals surface area contributed by atoms with Crippen molar-refractivity contribution in [2.24, 2.45) is 5.92 Å². The van der Waals surface area contributed by atoms with Crippen LogP contribution in [0.25, 0.3) is 0 Å². The van der Waals surface area contributed by atoms with Gasteiger partial charge in [0.2, 0.25) is 5.91 Å². The van der Waals surface area contributed by atoms with Crippen LogP contribution in [-0.2, 0) is 36.0 Å². The number of imide groups is 2. The zero-order valence-corrected chi connectivity index (χ0v) is 20.9. The molecule has 3 aliphatic rings. The van der Waals surface area contributed by atoms with E-state index in [-0.39, 0.29) is 13.0 Å². The lowest BCUT2D eigenvalue weighted by molar-refractivity contribution is -0.150. The molecule has 2 fully saturated rings. The van der Waals surface area contributed by atoms with E-state index in [1.54, 1.807) is 24.3 Å². The molecule has 0 aromatic heterocycles. The highest BCUT2D eigenvalue weighted by molar-refractivity contribution is 7.90. The van der Waals surface area contributed by atoms with Gasteiger partial charge in [-0.2, -0.15) is 0 Å². The number of carbonyl (C=O) groups is 4. The number of amides is 4. The number of nitrogens with zero attached hydrogens (tertiary/aromatic N) is 1. The monoisotopic (exact) mass is 505 g/mol. The molecule has 35 heavy (non-hydrogen) atoms. The fourth-order valence-electron chi connectivity index (χ4n) is 4.68. The maximum atomic E-state index is 13.6. The van der Waals surface area contributed by atoms with Crippen molar-refractivity contribution < 1.29 is 33.2 Å². The number of benzene rings is 1. The van der Waals surface area contributed by atoms with Gasteiger partial charge in [0.25, 0.3) is 5.91 Å². The molecule has 0 radical (unpaired) electrons. The molecule has 2 N–H and O–H groups in total. The Kier molecular flexibility index (Phi) is 7.23. The number of Topliss-reactive ketones (excluding diaryl/α,β-unsaturated/α-hetero) is 1. The van der Waals surface area contributed by atoms with Gasteiger partial charge < -0.3 is 14.0 Å². The van der Waals surface area contributed by atoms with E-state index in [2.05, 4.69) is 10.0 Å². The summed E-state index contributed by atoms with van der Waals surface area (Å²) in [6.45, 7) is 6.47. The van der Waals surface area contributed by atoms with E-state index in [4.69, 9.17) is 9.47 Å². The molecule has 0 saturated carbocycles. The summed E-state index contributed by atoms with van der Waals surface area (Å²) in [5, 5.41) is 2.18. The fourth-order valence-corrected chi connectivity index (χ4v) is 5.62. The molecule has 3 heterocycles. The Morgan fingerprint density at radius 1 is 1.20 bits per heavy atom. The van der Waals surface area contributed by atoms with Crippen LogP contribution in [-0.4, -0.2) is 63.7 Å². The van der Waals surface area contributed by atoms with E-state index in [1.165, 1.54) is 0 Å². The molecule has 11 heteroatoms. The van der Waals surface area contributed by atoms with Gasteiger partial charge in [0.15, 0.2) is 11.7 Å². The van der Waals surface area contributed by atoms with Crippen LogP contribution in [0.15, 0.2) is 24.3 Å². The fraction of sp³-hybridized carbons (Fsp3) is 0.583. The van der Waals surface area contributed by atoms with E-state index in [0.717, 1.165) is 4.90 Å². The molecule has 3 atom stereocenters. The van der Waals surface area contributed by atoms with Crippen LogP contribution in [0.3, 0.4) is 0 Å². The molecule has 3 aliphatic heterocycles. The minimum absolute atomic E-state index is 0.260. The van der Waals surface area contributed by atoms with Crippen LogP contribution in [0.2, 0.25) is 0 Å². The third kappa shape index (κ3) is 5.09. The largest absolute Gasteiger partial charge is 0.598 e. The molecule has 0 spiro atoms. The van der Waals surface area contributed by atoms with Crippen molar-refractivity contribution in [2.45, 2.75) is 62.8 Å². The van der Waals surface area contributed by atoms with E-state index in [9.17, 15) is 23.7 Å². The second-order valence-electron chi connectivity index (χ2n) is 10.1. The van der Waals surface area contributed by atoms with E-state index < -0.39 is 57.2 Å². The summed E-state index contributed by atoms with van der Waals surface area (Å²) < 4.78 is 26.8. The number of hydrogen-bond donors (Lipinski definition) is 2. The van der Waals surface area contributed by atoms with Crippen molar-refractivity contribution in [1.29, 1.82) is 0 Å². The number of ether oxygens (including phenoxy) is 2. The highest BCUT2D eigenvalue weighted by Gasteiger charge is 2.52. The van der Waals surface area contributed by atoms with E-state index in [0.29, 0.717) is 43.8 Å². The molecule has 2 saturated heterocycles. The molecule has 0 bridgehead atoms. The van der Waals surface area contributed by atoms with Crippen LogP contribution in [0.5, 0.6) is 5.75 Å². The lowest BCUT2D eigenvalue weighted by Gasteiger charge is -2.42. The Bertz CT molecular complexity index is 1020. The highest BCUT2D eigenvalue weighted by atomic mass is 32.2. The molecule has 0 aliphatic carbocycles. The lowest BCUT2D eigenvalue weighted by atomic mass is 9.78. The van der Waals surface area contributed by atoms with Crippen molar-refractivity contribution in [1.82, 2.24) is 14.9 Å². The van der Waals surface area contributed by atoms with Crippen molar-refractivity contribution in [3.05, 3.63) is 29.8 Å². The van der Waals surface area contributed by atoms with E-state index in [1.807, 2.05) is 20.8 Å². The molecule has 190 valence electrons. The van der Waals surface area contributed by atoms with Gasteiger partial charge in [-0.3, -0.25) is 24.6 Å². The molecule has 10 nitrogen and oxygen atoms in total. The second kappa shape index (κ2) is 9.88. The van der Waals surface area contributed by atoms with Gasteiger partial charge in [-0.25, -0.2) is 4.79 Å². The van der Waals surface area contributed by atoms with Crippen LogP contribution in [0, 0.1) is 5.92 Å². The highest BCUT2D eigenvalue weighted by Crippen LogP contribution is 2.41. The first kappa shape index (κ1) is 25.6. The summed E-state index contributed by atoms with van der Waals surface area (Å²) in [6.07, 6.45) is 0.918. The summed E-state index contributed by atoms with van der Waals surface area (Å²) in [5.41, 5.74) is -0.478. The maximum Gasteiger partial charge on any atom is 0.331 e. The van der Waals surface area contributed by atoms with Gasteiger partial charge in [-0.05, 0) is 39.7 Å². The molecule has 1 unspecified atom stereocenters. The van der Waals surface area contributed by atoms with Gasteiger partial charge >= 0.3 is 6.03 Å². The average Bonchev–Trinajstić information content (AvgIpc) is 2.79. The third-order valence-electron chi connectivity index (χ3n) is 6.58. The SMILES string of the molecule is CC(C)(C)[S+]([O-])N[C@@]1(CC(=O)[C@H]2C(=O)NC(=O)N(C3CCOCC3)C2=O)CCOc2ccccc21. The van der Waals surface area contributed by atoms with Crippen LogP contribution in [0.1, 0.15) is 52.0 Å². The maximum absolute atomic E-state index is 13.6. The van der Waals surface area contributed by atoms with E-state index >= 15 is 0 Å². The standard InChI is InChI=1S/C24H31N3O7S/c1-23(2,3)35(32)26-24(10-13-34-18-7-5-4-6-16(18)24)14-17(28)19-20(29)25-22(31)27(21(19)30)15-8-11-33-12-9-15/h4-7,15,19,26H,8-14H2,1-3H3,(H,25,29,31)/t19-,24+,35?/m0/s1. The second-order valence-corrected chi connectivity index (χ2v) is 12.0. The molecular formula is C24H31N3O7S. The Labute approximate surface area is 207 Å². The number of carbonyl (C=O) groups excluding carboxylic acids is 4. The summed E-state index contributed by atoms with van der Waals surface area (Å²) in [4.78, 5) is 53.2. The lowest BCUT2D eigenvalue weighted by Crippen LogP contribution is -2.64. The average molecular weight is 506 g/mol. The minimum atomic E-state index is -1.66. The van der Waals surface area contributed by atoms with Crippen molar-refractivity contribution in [2.75, 3.05) is 19.8 Å². The van der Waals surface area contributed by atoms with Crippen LogP contribution < -0.4 is 14.8 Å². The Morgan fingerprint density at radius 3 is 2.57 bits per heavy atom. The van der Waals surface area contributed by atoms with Gasteiger partial charge in [0.05, 0.1) is 6.61 Å². The number of rotatable bonds is 6. The Hall–Kier alpha value is -2.47. The zero-order valence-electron chi connectivity index (χ0n) is 20.1. The summed E-state index contributed by atoms with van der Waals surface area (Å²) in [5.74, 6) is -3.51. The number of fused-ring (bicyclic) bond motifs is 1. The van der Waals surface area contributed by atoms with Gasteiger partial charge in [-0.1, -0.05) is 18.2 Å². The number of urea groups is 1. The summed E-state index contributed by atoms with van der Waals surface area (Å²) >= 11 is -1.56. The first-order chi connectivity index (χ1) is 16.5. The Morgan fingerprint density at radius 2 is 1.89 bits per heavy atom. The number of barbiturate groups is 1. The topological polar surface area (TPSA) is 137 Å². The quantitative estimate of drug-likeness (QED) is 0.439. The summed E-state index contributed by atoms with van der Waals surface area (Å²) in [7, 11) is 0. The molecular weight excluding hydrogens is 474 g/mol. The Balaban J connectivity index is 1.65. The van der Waals surface area contributed by atoms with Gasteiger partial charge in [0, 0.05) is 49.0 Å². The molecule has 1 aromatic carbocycles. The predicted octanol–water partition coefficient (Wildman–Crippen LogP) is 1.55. The van der Waals surface area contributed by atoms with Crippen molar-refractivity contribution in [3.8, 4) is 5.75 Å². The number of nitrogens with one attached hydrogen (secondary N) is 2. The first-order valence-electron chi connectivity index (χ1n) is 11.7. The van der Waals surface area contributed by atoms with Crippen LogP contribution in [0.4, 0.5) is 4.79 Å². The molecule has 4 amide bonds. The third-order valence-corrected chi connectivity index (χ3v) is 8.27. The first-order valence-corrected chi connectivity index (χ1v) is 12.9. The molecule has 1 aromatic rings. The minimum Gasteiger partial charge on any atom is -0.598 e.